The van der Waals surface area contributed by atoms with Crippen molar-refractivity contribution in [3.63, 3.8) is 0 Å². The van der Waals surface area contributed by atoms with Crippen LogP contribution >= 0.6 is 0 Å². The molecule has 0 spiro atoms. The third-order valence-electron chi connectivity index (χ3n) is 2.15. The molecule has 7 nitrogen and oxygen atoms in total. The van der Waals surface area contributed by atoms with Gasteiger partial charge in [0.05, 0.1) is 12.5 Å². The van der Waals surface area contributed by atoms with E-state index in [0.717, 1.165) is 0 Å². The zero-order valence-electron chi connectivity index (χ0n) is 9.00. The first-order chi connectivity index (χ1) is 7.65. The molecule has 0 aliphatic rings. The summed E-state index contributed by atoms with van der Waals surface area (Å²) >= 11 is 0. The molecule has 88 valence electrons. The summed E-state index contributed by atoms with van der Waals surface area (Å²) in [5.74, 6) is -1.01. The topological polar surface area (TPSA) is 106 Å². The highest BCUT2D eigenvalue weighted by Gasteiger charge is 2.16. The number of aromatic nitrogens is 2. The zero-order valence-corrected chi connectivity index (χ0v) is 9.00. The van der Waals surface area contributed by atoms with Crippen molar-refractivity contribution in [2.24, 2.45) is 16.8 Å². The van der Waals surface area contributed by atoms with Crippen molar-refractivity contribution in [2.45, 2.75) is 13.5 Å². The van der Waals surface area contributed by atoms with Crippen LogP contribution in [0.5, 0.6) is 0 Å². The largest absolute Gasteiger partial charge is 0.409 e. The lowest BCUT2D eigenvalue weighted by Crippen LogP contribution is -2.38. The minimum atomic E-state index is -0.636. The van der Waals surface area contributed by atoms with Gasteiger partial charge >= 0.3 is 0 Å². The fourth-order valence-electron chi connectivity index (χ4n) is 1.10. The highest BCUT2D eigenvalue weighted by molar-refractivity contribution is 6.01. The van der Waals surface area contributed by atoms with E-state index in [4.69, 9.17) is 10.9 Å². The number of amides is 1. The fraction of sp³-hybridized carbons (Fsp3) is 0.444. The molecule has 1 aromatic heterocycles. The molecule has 1 amide bonds. The molecule has 1 aromatic rings. The predicted molar refractivity (Wildman–Crippen MR) is 57.8 cm³/mol. The first kappa shape index (κ1) is 12.0. The predicted octanol–water partition coefficient (Wildman–Crippen LogP) is -0.618. The van der Waals surface area contributed by atoms with E-state index in [-0.39, 0.29) is 11.7 Å². The summed E-state index contributed by atoms with van der Waals surface area (Å²) in [6, 6.07) is 1.81. The van der Waals surface area contributed by atoms with Crippen LogP contribution < -0.4 is 11.1 Å². The summed E-state index contributed by atoms with van der Waals surface area (Å²) in [6.07, 6.45) is 3.47. The van der Waals surface area contributed by atoms with Gasteiger partial charge < -0.3 is 16.3 Å². The molecule has 1 heterocycles. The SMILES string of the molecule is CC(C(=O)NCCn1cccn1)C(N)=NO. The first-order valence-corrected chi connectivity index (χ1v) is 4.87. The number of nitrogens with one attached hydrogen (secondary N) is 1. The standard InChI is InChI=1S/C9H15N5O2/c1-7(8(10)13-16)9(15)11-4-6-14-5-2-3-12-14/h2-3,5,7,16H,4,6H2,1H3,(H2,10,13)(H,11,15). The monoisotopic (exact) mass is 225 g/mol. The number of nitrogens with two attached hydrogens (primary N) is 1. The molecule has 4 N–H and O–H groups in total. The van der Waals surface area contributed by atoms with Crippen LogP contribution in [-0.2, 0) is 11.3 Å². The minimum Gasteiger partial charge on any atom is -0.409 e. The van der Waals surface area contributed by atoms with Gasteiger partial charge in [-0.15, -0.1) is 0 Å². The molecule has 0 radical (unpaired) electrons. The van der Waals surface area contributed by atoms with Gasteiger partial charge in [-0.2, -0.15) is 5.10 Å². The molecule has 1 unspecified atom stereocenters. The molecule has 0 bridgehead atoms. The summed E-state index contributed by atoms with van der Waals surface area (Å²) in [5, 5.41) is 17.8. The Morgan fingerprint density at radius 2 is 2.50 bits per heavy atom. The second kappa shape index (κ2) is 5.74. The van der Waals surface area contributed by atoms with Crippen LogP contribution in [0.3, 0.4) is 0 Å². The van der Waals surface area contributed by atoms with E-state index >= 15 is 0 Å². The van der Waals surface area contributed by atoms with Crippen molar-refractivity contribution < 1.29 is 10.0 Å². The average Bonchev–Trinajstić information content (AvgIpc) is 2.79. The van der Waals surface area contributed by atoms with Gasteiger partial charge in [0.25, 0.3) is 0 Å². The van der Waals surface area contributed by atoms with Gasteiger partial charge in [-0.05, 0) is 13.0 Å². The molecule has 0 saturated carbocycles. The number of carbonyl (C=O) groups excluding carboxylic acids is 1. The zero-order chi connectivity index (χ0) is 12.0. The maximum atomic E-state index is 11.5. The molecule has 0 saturated heterocycles. The van der Waals surface area contributed by atoms with E-state index in [9.17, 15) is 4.79 Å². The summed E-state index contributed by atoms with van der Waals surface area (Å²) in [7, 11) is 0. The second-order valence-electron chi connectivity index (χ2n) is 3.31. The van der Waals surface area contributed by atoms with Crippen LogP contribution in [0.2, 0.25) is 0 Å². The highest BCUT2D eigenvalue weighted by atomic mass is 16.4. The maximum absolute atomic E-state index is 11.5. The Balaban J connectivity index is 2.30. The quantitative estimate of drug-likeness (QED) is 0.269. The number of oxime groups is 1. The average molecular weight is 225 g/mol. The van der Waals surface area contributed by atoms with E-state index in [1.807, 2.05) is 0 Å². The minimum absolute atomic E-state index is 0.100. The summed E-state index contributed by atoms with van der Waals surface area (Å²) in [6.45, 7) is 2.60. The number of hydrogen-bond acceptors (Lipinski definition) is 4. The Morgan fingerprint density at radius 1 is 1.75 bits per heavy atom. The summed E-state index contributed by atoms with van der Waals surface area (Å²) < 4.78 is 1.70. The number of amidine groups is 1. The van der Waals surface area contributed by atoms with E-state index in [1.54, 1.807) is 30.1 Å². The maximum Gasteiger partial charge on any atom is 0.230 e. The molecule has 16 heavy (non-hydrogen) atoms. The smallest absolute Gasteiger partial charge is 0.230 e. The van der Waals surface area contributed by atoms with Gasteiger partial charge in [-0.1, -0.05) is 5.16 Å². The Morgan fingerprint density at radius 3 is 3.06 bits per heavy atom. The van der Waals surface area contributed by atoms with Crippen LogP contribution in [0.4, 0.5) is 0 Å². The van der Waals surface area contributed by atoms with Crippen molar-refractivity contribution in [2.75, 3.05) is 6.54 Å². The Labute approximate surface area is 92.9 Å². The van der Waals surface area contributed by atoms with Crippen LogP contribution in [0, 0.1) is 5.92 Å². The van der Waals surface area contributed by atoms with Crippen molar-refractivity contribution in [3.8, 4) is 0 Å². The molecule has 1 rings (SSSR count). The van der Waals surface area contributed by atoms with Gasteiger partial charge in [0.2, 0.25) is 5.91 Å². The van der Waals surface area contributed by atoms with Crippen molar-refractivity contribution >= 4 is 11.7 Å². The van der Waals surface area contributed by atoms with Crippen molar-refractivity contribution in [1.29, 1.82) is 0 Å². The molecular formula is C9H15N5O2. The molecule has 0 aliphatic heterocycles. The van der Waals surface area contributed by atoms with E-state index in [2.05, 4.69) is 15.6 Å². The van der Waals surface area contributed by atoms with Crippen LogP contribution in [0.15, 0.2) is 23.6 Å². The van der Waals surface area contributed by atoms with E-state index in [1.165, 1.54) is 0 Å². The third kappa shape index (κ3) is 3.26. The molecule has 0 fully saturated rings. The normalized spacial score (nSPS) is 13.4. The molecular weight excluding hydrogens is 210 g/mol. The second-order valence-corrected chi connectivity index (χ2v) is 3.31. The van der Waals surface area contributed by atoms with Crippen molar-refractivity contribution in [3.05, 3.63) is 18.5 Å². The fourth-order valence-corrected chi connectivity index (χ4v) is 1.10. The number of rotatable bonds is 5. The Kier molecular flexibility index (Phi) is 4.31. The van der Waals surface area contributed by atoms with Gasteiger partial charge in [-0.3, -0.25) is 9.48 Å². The molecule has 1 atom stereocenters. The first-order valence-electron chi connectivity index (χ1n) is 4.87. The van der Waals surface area contributed by atoms with Crippen LogP contribution in [-0.4, -0.2) is 33.3 Å². The van der Waals surface area contributed by atoms with Crippen LogP contribution in [0.25, 0.3) is 0 Å². The van der Waals surface area contributed by atoms with Gasteiger partial charge in [0, 0.05) is 18.9 Å². The summed E-state index contributed by atoms with van der Waals surface area (Å²) in [5.41, 5.74) is 5.31. The van der Waals surface area contributed by atoms with E-state index in [0.29, 0.717) is 13.1 Å². The number of hydrogen-bond donors (Lipinski definition) is 3. The van der Waals surface area contributed by atoms with Crippen LogP contribution in [0.1, 0.15) is 6.92 Å². The number of carbonyl (C=O) groups is 1. The molecule has 7 heteroatoms. The Bertz CT molecular complexity index is 360. The Hall–Kier alpha value is -2.05. The molecule has 0 aromatic carbocycles. The highest BCUT2D eigenvalue weighted by Crippen LogP contribution is 1.94. The molecule has 0 aliphatic carbocycles. The third-order valence-corrected chi connectivity index (χ3v) is 2.15. The summed E-state index contributed by atoms with van der Waals surface area (Å²) in [4.78, 5) is 11.5. The van der Waals surface area contributed by atoms with Gasteiger partial charge in [-0.25, -0.2) is 0 Å². The van der Waals surface area contributed by atoms with Gasteiger partial charge in [0.15, 0.2) is 5.84 Å². The lowest BCUT2D eigenvalue weighted by molar-refractivity contribution is -0.122. The lowest BCUT2D eigenvalue weighted by Gasteiger charge is -2.10. The lowest BCUT2D eigenvalue weighted by atomic mass is 10.1. The van der Waals surface area contributed by atoms with E-state index < -0.39 is 5.92 Å². The van der Waals surface area contributed by atoms with Crippen molar-refractivity contribution in [1.82, 2.24) is 15.1 Å². The van der Waals surface area contributed by atoms with Gasteiger partial charge in [0.1, 0.15) is 0 Å². The number of nitrogens with zero attached hydrogens (tertiary/aromatic N) is 3.